The van der Waals surface area contributed by atoms with Gasteiger partial charge in [0.1, 0.15) is 11.6 Å². The fourth-order valence-corrected chi connectivity index (χ4v) is 5.90. The van der Waals surface area contributed by atoms with Crippen molar-refractivity contribution in [2.75, 3.05) is 44.8 Å². The van der Waals surface area contributed by atoms with E-state index in [1.165, 1.54) is 18.1 Å². The van der Waals surface area contributed by atoms with Crippen molar-refractivity contribution in [3.63, 3.8) is 0 Å². The van der Waals surface area contributed by atoms with Crippen molar-refractivity contribution in [3.8, 4) is 0 Å². The number of halogens is 1. The summed E-state index contributed by atoms with van der Waals surface area (Å²) in [5, 5.41) is 3.41. The summed E-state index contributed by atoms with van der Waals surface area (Å²) in [7, 11) is 0. The highest BCUT2D eigenvalue weighted by Gasteiger charge is 2.35. The van der Waals surface area contributed by atoms with Gasteiger partial charge in [-0.2, -0.15) is 0 Å². The minimum absolute atomic E-state index is 0.0495. The number of Topliss-reactive ketones (excluding diaryl/α,β-unsaturated/α-hetero) is 1. The zero-order chi connectivity index (χ0) is 24.9. The van der Waals surface area contributed by atoms with Crippen LogP contribution in [-0.4, -0.2) is 61.2 Å². The lowest BCUT2D eigenvalue weighted by Crippen LogP contribution is -2.33. The molecule has 3 atom stereocenters. The first-order valence-corrected chi connectivity index (χ1v) is 13.5. The van der Waals surface area contributed by atoms with Crippen LogP contribution in [-0.2, 0) is 27.1 Å². The van der Waals surface area contributed by atoms with Gasteiger partial charge in [0.05, 0.1) is 18.8 Å². The molecule has 4 heterocycles. The van der Waals surface area contributed by atoms with Crippen molar-refractivity contribution in [3.05, 3.63) is 58.5 Å². The lowest BCUT2D eigenvalue weighted by Gasteiger charge is -2.29. The molecule has 0 saturated carbocycles. The zero-order valence-electron chi connectivity index (χ0n) is 21.3. The highest BCUT2D eigenvalue weighted by Crippen LogP contribution is 2.36. The molecular weight excluding hydrogens is 457 g/mol. The van der Waals surface area contributed by atoms with E-state index in [1.807, 2.05) is 6.07 Å². The first-order chi connectivity index (χ1) is 17.6. The summed E-state index contributed by atoms with van der Waals surface area (Å²) in [6.07, 6.45) is 7.16. The van der Waals surface area contributed by atoms with Crippen LogP contribution >= 0.6 is 0 Å². The number of ketones is 1. The van der Waals surface area contributed by atoms with Crippen LogP contribution in [0, 0.1) is 5.82 Å². The van der Waals surface area contributed by atoms with Crippen LogP contribution in [0.3, 0.4) is 0 Å². The van der Waals surface area contributed by atoms with E-state index in [0.29, 0.717) is 26.4 Å². The summed E-state index contributed by atoms with van der Waals surface area (Å²) in [4.78, 5) is 19.7. The summed E-state index contributed by atoms with van der Waals surface area (Å²) in [5.41, 5.74) is 4.30. The number of ether oxygens (including phenoxy) is 2. The number of pyridine rings is 1. The number of nitrogens with one attached hydrogen (secondary N) is 1. The van der Waals surface area contributed by atoms with Crippen molar-refractivity contribution >= 4 is 11.6 Å². The van der Waals surface area contributed by atoms with Gasteiger partial charge in [-0.3, -0.25) is 9.69 Å². The van der Waals surface area contributed by atoms with Gasteiger partial charge in [-0.25, -0.2) is 9.37 Å². The van der Waals surface area contributed by atoms with Gasteiger partial charge in [0.2, 0.25) is 0 Å². The average Bonchev–Trinajstić information content (AvgIpc) is 3.57. The van der Waals surface area contributed by atoms with E-state index in [4.69, 9.17) is 14.5 Å². The summed E-state index contributed by atoms with van der Waals surface area (Å²) in [6.45, 7) is 6.14. The van der Waals surface area contributed by atoms with E-state index in [-0.39, 0.29) is 23.6 Å². The zero-order valence-corrected chi connectivity index (χ0v) is 21.3. The monoisotopic (exact) mass is 495 g/mol. The second kappa shape index (κ2) is 11.8. The van der Waals surface area contributed by atoms with Crippen LogP contribution in [0.25, 0.3) is 0 Å². The molecule has 3 aliphatic rings. The lowest BCUT2D eigenvalue weighted by atomic mass is 9.88. The molecule has 2 fully saturated rings. The Bertz CT molecular complexity index is 1060. The number of hydrogen-bond donors (Lipinski definition) is 1. The van der Waals surface area contributed by atoms with Gasteiger partial charge in [-0.05, 0) is 86.8 Å². The number of hydrogen-bond acceptors (Lipinski definition) is 6. The van der Waals surface area contributed by atoms with Crippen molar-refractivity contribution in [1.29, 1.82) is 0 Å². The standard InChI is InChI=1S/C29H38FN3O3/c1-20(34)28(27-17-23(30)8-10-26(27)22-12-16-35-19-22)33-14-11-25(18-33)36-15-3-2-6-24-9-7-21-5-4-13-31-29(21)32-24/h7-10,17,22,25,28H,2-6,11-16,18-19H2,1H3,(H,31,32)/t22-,25-,28+/m1/s1. The van der Waals surface area contributed by atoms with Gasteiger partial charge < -0.3 is 14.8 Å². The number of rotatable bonds is 10. The smallest absolute Gasteiger partial charge is 0.151 e. The van der Waals surface area contributed by atoms with Crippen LogP contribution in [0.5, 0.6) is 0 Å². The van der Waals surface area contributed by atoms with E-state index in [0.717, 1.165) is 74.3 Å². The first-order valence-electron chi connectivity index (χ1n) is 13.5. The van der Waals surface area contributed by atoms with Gasteiger partial charge in [0.25, 0.3) is 0 Å². The summed E-state index contributed by atoms with van der Waals surface area (Å²) < 4.78 is 26.1. The number of carbonyl (C=O) groups is 1. The normalized spacial score (nSPS) is 22.8. The van der Waals surface area contributed by atoms with E-state index < -0.39 is 6.04 Å². The number of likely N-dealkylation sites (tertiary alicyclic amines) is 1. The highest BCUT2D eigenvalue weighted by molar-refractivity contribution is 5.83. The number of aromatic nitrogens is 1. The van der Waals surface area contributed by atoms with Crippen molar-refractivity contribution < 1.29 is 18.7 Å². The maximum atomic E-state index is 14.3. The van der Waals surface area contributed by atoms with E-state index in [1.54, 1.807) is 13.0 Å². The molecule has 1 N–H and O–H groups in total. The molecule has 194 valence electrons. The Balaban J connectivity index is 1.12. The molecule has 2 aromatic rings. The molecular formula is C29H38FN3O3. The highest BCUT2D eigenvalue weighted by atomic mass is 19.1. The predicted molar refractivity (Wildman–Crippen MR) is 138 cm³/mol. The molecule has 1 aromatic carbocycles. The Morgan fingerprint density at radius 1 is 1.28 bits per heavy atom. The van der Waals surface area contributed by atoms with E-state index >= 15 is 0 Å². The minimum Gasteiger partial charge on any atom is -0.381 e. The molecule has 0 aliphatic carbocycles. The van der Waals surface area contributed by atoms with Gasteiger partial charge >= 0.3 is 0 Å². The molecule has 6 nitrogen and oxygen atoms in total. The topological polar surface area (TPSA) is 63.7 Å². The number of aryl methyl sites for hydroxylation is 2. The molecule has 0 radical (unpaired) electrons. The maximum Gasteiger partial charge on any atom is 0.151 e. The molecule has 0 amide bonds. The Morgan fingerprint density at radius 2 is 2.19 bits per heavy atom. The third-order valence-electron chi connectivity index (χ3n) is 7.77. The molecule has 5 rings (SSSR count). The second-order valence-corrected chi connectivity index (χ2v) is 10.4. The molecule has 1 aromatic heterocycles. The second-order valence-electron chi connectivity index (χ2n) is 10.4. The van der Waals surface area contributed by atoms with Crippen LogP contribution in [0.2, 0.25) is 0 Å². The Hall–Kier alpha value is -2.35. The quantitative estimate of drug-likeness (QED) is 0.477. The number of fused-ring (bicyclic) bond motifs is 1. The molecule has 7 heteroatoms. The fraction of sp³-hybridized carbons (Fsp3) is 0.586. The van der Waals surface area contributed by atoms with Gasteiger partial charge in [0, 0.05) is 44.5 Å². The predicted octanol–water partition coefficient (Wildman–Crippen LogP) is 4.83. The number of carbonyl (C=O) groups excluding carboxylic acids is 1. The third-order valence-corrected chi connectivity index (χ3v) is 7.77. The van der Waals surface area contributed by atoms with Crippen molar-refractivity contribution in [2.45, 2.75) is 69.9 Å². The van der Waals surface area contributed by atoms with Crippen LogP contribution in [0.4, 0.5) is 10.2 Å². The van der Waals surface area contributed by atoms with E-state index in [9.17, 15) is 9.18 Å². The van der Waals surface area contributed by atoms with Gasteiger partial charge in [-0.1, -0.05) is 12.1 Å². The molecule has 36 heavy (non-hydrogen) atoms. The molecule has 2 saturated heterocycles. The minimum atomic E-state index is -0.436. The average molecular weight is 496 g/mol. The molecule has 0 unspecified atom stereocenters. The molecule has 0 spiro atoms. The van der Waals surface area contributed by atoms with Gasteiger partial charge in [0.15, 0.2) is 5.78 Å². The largest absolute Gasteiger partial charge is 0.381 e. The van der Waals surface area contributed by atoms with Crippen LogP contribution < -0.4 is 5.32 Å². The Kier molecular flexibility index (Phi) is 8.29. The number of benzene rings is 1. The first kappa shape index (κ1) is 25.3. The fourth-order valence-electron chi connectivity index (χ4n) is 5.90. The van der Waals surface area contributed by atoms with Crippen LogP contribution in [0.15, 0.2) is 30.3 Å². The third kappa shape index (κ3) is 5.96. The van der Waals surface area contributed by atoms with Crippen LogP contribution in [0.1, 0.15) is 73.4 Å². The van der Waals surface area contributed by atoms with Gasteiger partial charge in [-0.15, -0.1) is 0 Å². The Labute approximate surface area is 213 Å². The summed E-state index contributed by atoms with van der Waals surface area (Å²) in [5.74, 6) is 1.03. The number of anilines is 1. The van der Waals surface area contributed by atoms with E-state index in [2.05, 4.69) is 22.3 Å². The SMILES string of the molecule is CC(=O)[C@@H](c1cc(F)ccc1[C@@H]1CCOC1)N1CC[C@@H](OCCCCc2ccc3c(n2)NCCC3)C1. The van der Waals surface area contributed by atoms with Crippen molar-refractivity contribution in [2.24, 2.45) is 0 Å². The maximum absolute atomic E-state index is 14.3. The summed E-state index contributed by atoms with van der Waals surface area (Å²) >= 11 is 0. The lowest BCUT2D eigenvalue weighted by molar-refractivity contribution is -0.122. The number of nitrogens with zero attached hydrogens (tertiary/aromatic N) is 2. The number of unbranched alkanes of at least 4 members (excludes halogenated alkanes) is 1. The molecule has 3 aliphatic heterocycles. The van der Waals surface area contributed by atoms with Crippen molar-refractivity contribution in [1.82, 2.24) is 9.88 Å². The summed E-state index contributed by atoms with van der Waals surface area (Å²) in [6, 6.07) is 8.83. The molecule has 0 bridgehead atoms. The Morgan fingerprint density at radius 3 is 3.03 bits per heavy atom.